The first-order chi connectivity index (χ1) is 16.5. The van der Waals surface area contributed by atoms with Gasteiger partial charge in [-0.15, -0.1) is 0 Å². The zero-order chi connectivity index (χ0) is 23.7. The molecule has 0 aromatic carbocycles. The zero-order valence-electron chi connectivity index (χ0n) is 18.4. The van der Waals surface area contributed by atoms with Crippen molar-refractivity contribution in [3.8, 4) is 0 Å². The molecule has 2 aliphatic rings. The number of fused-ring (bicyclic) bond motifs is 1. The van der Waals surface area contributed by atoms with Gasteiger partial charge in [-0.1, -0.05) is 0 Å². The summed E-state index contributed by atoms with van der Waals surface area (Å²) >= 11 is 0. The second kappa shape index (κ2) is 9.45. The van der Waals surface area contributed by atoms with E-state index in [2.05, 4.69) is 25.4 Å². The van der Waals surface area contributed by atoms with Gasteiger partial charge >= 0.3 is 0 Å². The highest BCUT2D eigenvalue weighted by Gasteiger charge is 2.27. The number of aromatic nitrogens is 5. The maximum atomic E-state index is 13.7. The van der Waals surface area contributed by atoms with Crippen LogP contribution in [0.1, 0.15) is 54.2 Å². The Morgan fingerprint density at radius 2 is 1.97 bits per heavy atom. The number of aldehydes is 1. The molecule has 1 aliphatic heterocycles. The van der Waals surface area contributed by atoms with E-state index in [-0.39, 0.29) is 23.2 Å². The molecule has 1 saturated heterocycles. The van der Waals surface area contributed by atoms with E-state index in [9.17, 15) is 18.4 Å². The molecule has 3 aromatic heterocycles. The van der Waals surface area contributed by atoms with Gasteiger partial charge in [0, 0.05) is 31.4 Å². The third-order valence-corrected chi connectivity index (χ3v) is 6.46. The van der Waals surface area contributed by atoms with E-state index in [4.69, 9.17) is 4.74 Å². The molecule has 2 fully saturated rings. The number of halogens is 2. The first-order valence-electron chi connectivity index (χ1n) is 11.3. The molecule has 0 unspecified atom stereocenters. The summed E-state index contributed by atoms with van der Waals surface area (Å²) in [5.41, 5.74) is -0.0141. The Morgan fingerprint density at radius 3 is 2.68 bits per heavy atom. The average molecular weight is 473 g/mol. The van der Waals surface area contributed by atoms with Crippen LogP contribution in [0.3, 0.4) is 0 Å². The molecule has 0 radical (unpaired) electrons. The molecule has 0 spiro atoms. The molecule has 0 bridgehead atoms. The van der Waals surface area contributed by atoms with E-state index in [0.29, 0.717) is 63.5 Å². The van der Waals surface area contributed by atoms with Crippen LogP contribution in [0.25, 0.3) is 5.65 Å². The van der Waals surface area contributed by atoms with Crippen molar-refractivity contribution in [1.82, 2.24) is 24.4 Å². The molecule has 3 aromatic rings. The monoisotopic (exact) mass is 473 g/mol. The van der Waals surface area contributed by atoms with Gasteiger partial charge in [0.05, 0.1) is 31.1 Å². The molecule has 12 heteroatoms. The molecule has 1 saturated carbocycles. The zero-order valence-corrected chi connectivity index (χ0v) is 18.4. The molecule has 5 rings (SSSR count). The van der Waals surface area contributed by atoms with Crippen molar-refractivity contribution in [3.05, 3.63) is 35.9 Å². The van der Waals surface area contributed by atoms with Gasteiger partial charge in [0.15, 0.2) is 11.3 Å². The van der Waals surface area contributed by atoms with Crippen LogP contribution < -0.4 is 10.2 Å². The summed E-state index contributed by atoms with van der Waals surface area (Å²) in [6.07, 6.45) is 5.35. The van der Waals surface area contributed by atoms with E-state index in [1.807, 2.05) is 6.07 Å². The minimum Gasteiger partial charge on any atom is -0.378 e. The van der Waals surface area contributed by atoms with Crippen molar-refractivity contribution in [2.24, 2.45) is 5.92 Å². The van der Waals surface area contributed by atoms with Crippen LogP contribution in [0.4, 0.5) is 20.3 Å². The summed E-state index contributed by atoms with van der Waals surface area (Å²) in [6, 6.07) is 1.72. The fourth-order valence-corrected chi connectivity index (χ4v) is 4.53. The summed E-state index contributed by atoms with van der Waals surface area (Å²) in [4.78, 5) is 30.7. The highest BCUT2D eigenvalue weighted by molar-refractivity contribution is 6.08. The second-order valence-electron chi connectivity index (χ2n) is 8.58. The van der Waals surface area contributed by atoms with E-state index in [1.54, 1.807) is 6.20 Å². The lowest BCUT2D eigenvalue weighted by Crippen LogP contribution is -2.36. The normalized spacial score (nSPS) is 21.2. The number of carbonyl (C=O) groups is 2. The number of hydrogen-bond acceptors (Lipinski definition) is 7. The van der Waals surface area contributed by atoms with Crippen LogP contribution in [-0.4, -0.2) is 62.9 Å². The minimum atomic E-state index is -2.85. The Hall–Kier alpha value is -3.41. The number of nitrogens with one attached hydrogen (secondary N) is 1. The summed E-state index contributed by atoms with van der Waals surface area (Å²) in [5, 5.41) is 10.8. The third kappa shape index (κ3) is 4.37. The molecule has 10 nitrogen and oxygen atoms in total. The maximum absolute atomic E-state index is 13.7. The average Bonchev–Trinajstić information content (AvgIpc) is 3.49. The van der Waals surface area contributed by atoms with Crippen molar-refractivity contribution >= 4 is 29.3 Å². The van der Waals surface area contributed by atoms with Gasteiger partial charge in [-0.2, -0.15) is 10.2 Å². The molecule has 1 aliphatic carbocycles. The molecule has 180 valence electrons. The SMILES string of the molecule is O=CC1CCC(n2cc(NC(=O)c3cnn4ccc(N5CCOCC5)nc34)c(C(F)F)n2)CC1. The Kier molecular flexibility index (Phi) is 6.22. The van der Waals surface area contributed by atoms with Crippen LogP contribution in [-0.2, 0) is 9.53 Å². The second-order valence-corrected chi connectivity index (χ2v) is 8.58. The maximum Gasteiger partial charge on any atom is 0.284 e. The standard InChI is InChI=1S/C22H25F2N7O3/c23-20(24)19-17(12-31(28-19)15-3-1-14(13-32)2-4-15)26-22(33)16-11-25-30-6-5-18(27-21(16)30)29-7-9-34-10-8-29/h5-6,11-15,20H,1-4,7-10H2,(H,26,33). The van der Waals surface area contributed by atoms with Gasteiger partial charge in [0.1, 0.15) is 17.7 Å². The lowest BCUT2D eigenvalue weighted by atomic mass is 9.87. The molecule has 0 atom stereocenters. The lowest BCUT2D eigenvalue weighted by molar-refractivity contribution is -0.112. The minimum absolute atomic E-state index is 0.00558. The first kappa shape index (κ1) is 22.4. The van der Waals surface area contributed by atoms with E-state index in [1.165, 1.54) is 21.6 Å². The number of alkyl halides is 2. The predicted octanol–water partition coefficient (Wildman–Crippen LogP) is 2.88. The summed E-state index contributed by atoms with van der Waals surface area (Å²) in [7, 11) is 0. The molecule has 1 N–H and O–H groups in total. The molecule has 4 heterocycles. The largest absolute Gasteiger partial charge is 0.378 e. The van der Waals surface area contributed by atoms with Gasteiger partial charge in [-0.05, 0) is 31.7 Å². The number of nitrogens with zero attached hydrogens (tertiary/aromatic N) is 6. The number of carbonyl (C=O) groups excluding carboxylic acids is 2. The van der Waals surface area contributed by atoms with Gasteiger partial charge in [0.25, 0.3) is 12.3 Å². The quantitative estimate of drug-likeness (QED) is 0.549. The number of amides is 1. The Balaban J connectivity index is 1.38. The van der Waals surface area contributed by atoms with Gasteiger partial charge in [-0.3, -0.25) is 9.48 Å². The Bertz CT molecular complexity index is 1180. The lowest BCUT2D eigenvalue weighted by Gasteiger charge is -2.27. The first-order valence-corrected chi connectivity index (χ1v) is 11.3. The van der Waals surface area contributed by atoms with Gasteiger partial charge in [-0.25, -0.2) is 18.3 Å². The highest BCUT2D eigenvalue weighted by atomic mass is 19.3. The van der Waals surface area contributed by atoms with Gasteiger partial charge in [0.2, 0.25) is 0 Å². The van der Waals surface area contributed by atoms with E-state index in [0.717, 1.165) is 6.29 Å². The number of anilines is 2. The summed E-state index contributed by atoms with van der Waals surface area (Å²) in [5.74, 6) is 0.108. The predicted molar refractivity (Wildman–Crippen MR) is 118 cm³/mol. The fraction of sp³-hybridized carbons (Fsp3) is 0.500. The van der Waals surface area contributed by atoms with Crippen LogP contribution in [0, 0.1) is 5.92 Å². The number of rotatable bonds is 6. The van der Waals surface area contributed by atoms with Crippen molar-refractivity contribution in [3.63, 3.8) is 0 Å². The number of morpholine rings is 1. The van der Waals surface area contributed by atoms with E-state index >= 15 is 0 Å². The van der Waals surface area contributed by atoms with Crippen molar-refractivity contribution in [2.45, 2.75) is 38.2 Å². The summed E-state index contributed by atoms with van der Waals surface area (Å²) < 4.78 is 35.8. The molecule has 1 amide bonds. The Morgan fingerprint density at radius 1 is 1.21 bits per heavy atom. The summed E-state index contributed by atoms with van der Waals surface area (Å²) in [6.45, 7) is 2.56. The smallest absolute Gasteiger partial charge is 0.284 e. The third-order valence-electron chi connectivity index (χ3n) is 6.46. The van der Waals surface area contributed by atoms with Crippen LogP contribution in [0.15, 0.2) is 24.7 Å². The van der Waals surface area contributed by atoms with Crippen LogP contribution in [0.5, 0.6) is 0 Å². The van der Waals surface area contributed by atoms with Gasteiger partial charge < -0.3 is 19.7 Å². The van der Waals surface area contributed by atoms with Crippen LogP contribution in [0.2, 0.25) is 0 Å². The molecular formula is C22H25F2N7O3. The van der Waals surface area contributed by atoms with Crippen molar-refractivity contribution in [1.29, 1.82) is 0 Å². The number of ether oxygens (including phenoxy) is 1. The molecular weight excluding hydrogens is 448 g/mol. The van der Waals surface area contributed by atoms with Crippen molar-refractivity contribution in [2.75, 3.05) is 36.5 Å². The topological polar surface area (TPSA) is 107 Å². The Labute approximate surface area is 193 Å². The highest BCUT2D eigenvalue weighted by Crippen LogP contribution is 2.34. The fourth-order valence-electron chi connectivity index (χ4n) is 4.53. The molecule has 34 heavy (non-hydrogen) atoms. The van der Waals surface area contributed by atoms with Crippen LogP contribution >= 0.6 is 0 Å². The van der Waals surface area contributed by atoms with E-state index < -0.39 is 18.0 Å². The number of hydrogen-bond donors (Lipinski definition) is 1. The van der Waals surface area contributed by atoms with Crippen molar-refractivity contribution < 1.29 is 23.1 Å².